The van der Waals surface area contributed by atoms with Gasteiger partial charge >= 0.3 is 0 Å². The monoisotopic (exact) mass is 315 g/mol. The second kappa shape index (κ2) is 8.42. The van der Waals surface area contributed by atoms with Crippen molar-refractivity contribution in [2.45, 2.75) is 45.6 Å². The number of hydrogen-bond donors (Lipinski definition) is 1. The molecule has 1 N–H and O–H groups in total. The summed E-state index contributed by atoms with van der Waals surface area (Å²) in [5.74, 6) is 2.53. The molecule has 124 valence electrons. The first-order valence-corrected chi connectivity index (χ1v) is 8.15. The molecule has 2 rings (SSSR count). The summed E-state index contributed by atoms with van der Waals surface area (Å²) < 4.78 is 11.0. The highest BCUT2D eigenvalue weighted by Crippen LogP contribution is 2.24. The Morgan fingerprint density at radius 1 is 1.22 bits per heavy atom. The lowest BCUT2D eigenvalue weighted by atomic mass is 10.1. The lowest BCUT2D eigenvalue weighted by molar-refractivity contribution is -0.121. The third-order valence-electron chi connectivity index (χ3n) is 3.76. The maximum Gasteiger partial charge on any atom is 0.220 e. The topological polar surface area (TPSA) is 51.5 Å². The van der Waals surface area contributed by atoms with Gasteiger partial charge in [-0.05, 0) is 49.7 Å². The number of rotatable bonds is 8. The summed E-state index contributed by atoms with van der Waals surface area (Å²) in [7, 11) is 1.65. The van der Waals surface area contributed by atoms with Crippen molar-refractivity contribution in [3.8, 4) is 17.1 Å². The van der Waals surface area contributed by atoms with E-state index in [0.717, 1.165) is 35.7 Å². The number of ether oxygens (including phenoxy) is 1. The molecule has 0 fully saturated rings. The van der Waals surface area contributed by atoms with Gasteiger partial charge < -0.3 is 14.5 Å². The maximum atomic E-state index is 11.9. The van der Waals surface area contributed by atoms with Crippen molar-refractivity contribution < 1.29 is 13.9 Å². The molecule has 23 heavy (non-hydrogen) atoms. The van der Waals surface area contributed by atoms with Gasteiger partial charge in [0.25, 0.3) is 0 Å². The Morgan fingerprint density at radius 2 is 1.96 bits per heavy atom. The van der Waals surface area contributed by atoms with E-state index in [4.69, 9.17) is 9.15 Å². The molecule has 0 saturated heterocycles. The fraction of sp³-hybridized carbons (Fsp3) is 0.421. The molecule has 0 radical (unpaired) electrons. The quantitative estimate of drug-likeness (QED) is 0.794. The second-order valence-corrected chi connectivity index (χ2v) is 5.75. The number of nitrogens with one attached hydrogen (secondary N) is 1. The van der Waals surface area contributed by atoms with Crippen LogP contribution in [0.5, 0.6) is 5.75 Å². The first-order chi connectivity index (χ1) is 11.1. The van der Waals surface area contributed by atoms with E-state index >= 15 is 0 Å². The van der Waals surface area contributed by atoms with Crippen molar-refractivity contribution in [1.82, 2.24) is 5.32 Å². The van der Waals surface area contributed by atoms with Crippen LogP contribution in [0.4, 0.5) is 0 Å². The molecule has 4 nitrogen and oxygen atoms in total. The SMILES string of the molecule is CCC[C@@H](C)NC(=O)CCc1ccc(-c2ccc(OC)cc2)o1. The summed E-state index contributed by atoms with van der Waals surface area (Å²) >= 11 is 0. The Labute approximate surface area is 137 Å². The standard InChI is InChI=1S/C19H25NO3/c1-4-5-14(2)20-19(21)13-11-17-10-12-18(23-17)15-6-8-16(22-3)9-7-15/h6-10,12,14H,4-5,11,13H2,1-3H3,(H,20,21)/t14-/m1/s1. The van der Waals surface area contributed by atoms with Crippen LogP contribution >= 0.6 is 0 Å². The molecule has 0 unspecified atom stereocenters. The third-order valence-corrected chi connectivity index (χ3v) is 3.76. The molecule has 1 amide bonds. The Hall–Kier alpha value is -2.23. The van der Waals surface area contributed by atoms with E-state index in [1.807, 2.05) is 43.3 Å². The van der Waals surface area contributed by atoms with Gasteiger partial charge in [-0.25, -0.2) is 0 Å². The van der Waals surface area contributed by atoms with Crippen LogP contribution in [0.25, 0.3) is 11.3 Å². The minimum absolute atomic E-state index is 0.0772. The van der Waals surface area contributed by atoms with E-state index in [-0.39, 0.29) is 11.9 Å². The van der Waals surface area contributed by atoms with Crippen molar-refractivity contribution in [3.63, 3.8) is 0 Å². The third kappa shape index (κ3) is 5.16. The predicted octanol–water partition coefficient (Wildman–Crippen LogP) is 4.19. The average molecular weight is 315 g/mol. The summed E-state index contributed by atoms with van der Waals surface area (Å²) in [5, 5.41) is 3.01. The molecular formula is C19H25NO3. The smallest absolute Gasteiger partial charge is 0.220 e. The predicted molar refractivity (Wildman–Crippen MR) is 91.5 cm³/mol. The largest absolute Gasteiger partial charge is 0.497 e. The van der Waals surface area contributed by atoms with E-state index in [2.05, 4.69) is 12.2 Å². The van der Waals surface area contributed by atoms with E-state index < -0.39 is 0 Å². The van der Waals surface area contributed by atoms with Gasteiger partial charge in [0.2, 0.25) is 5.91 Å². The minimum atomic E-state index is 0.0772. The molecule has 1 aromatic carbocycles. The fourth-order valence-electron chi connectivity index (χ4n) is 2.51. The number of amides is 1. The van der Waals surface area contributed by atoms with Crippen LogP contribution in [-0.4, -0.2) is 19.1 Å². The van der Waals surface area contributed by atoms with Gasteiger partial charge in [0.1, 0.15) is 17.3 Å². The molecule has 2 aromatic rings. The van der Waals surface area contributed by atoms with Gasteiger partial charge in [0.05, 0.1) is 7.11 Å². The zero-order valence-electron chi connectivity index (χ0n) is 14.1. The molecule has 1 heterocycles. The highest BCUT2D eigenvalue weighted by atomic mass is 16.5. The van der Waals surface area contributed by atoms with Crippen molar-refractivity contribution in [2.75, 3.05) is 7.11 Å². The van der Waals surface area contributed by atoms with Gasteiger partial charge in [-0.3, -0.25) is 4.79 Å². The van der Waals surface area contributed by atoms with Crippen molar-refractivity contribution in [2.24, 2.45) is 0 Å². The summed E-state index contributed by atoms with van der Waals surface area (Å²) in [6.07, 6.45) is 3.14. The second-order valence-electron chi connectivity index (χ2n) is 5.75. The number of carbonyl (C=O) groups excluding carboxylic acids is 1. The van der Waals surface area contributed by atoms with Crippen molar-refractivity contribution >= 4 is 5.91 Å². The molecule has 1 aromatic heterocycles. The summed E-state index contributed by atoms with van der Waals surface area (Å²) in [6.45, 7) is 4.16. The molecule has 1 atom stereocenters. The number of carbonyl (C=O) groups is 1. The average Bonchev–Trinajstić information content (AvgIpc) is 3.02. The zero-order chi connectivity index (χ0) is 16.7. The molecule has 0 aliphatic heterocycles. The lowest BCUT2D eigenvalue weighted by Gasteiger charge is -2.12. The van der Waals surface area contributed by atoms with Crippen molar-refractivity contribution in [1.29, 1.82) is 0 Å². The summed E-state index contributed by atoms with van der Waals surface area (Å²) in [5.41, 5.74) is 0.998. The number of methoxy groups -OCH3 is 1. The number of hydrogen-bond acceptors (Lipinski definition) is 3. The highest BCUT2D eigenvalue weighted by Gasteiger charge is 2.09. The van der Waals surface area contributed by atoms with Gasteiger partial charge in [0.15, 0.2) is 0 Å². The molecule has 0 bridgehead atoms. The van der Waals surface area contributed by atoms with E-state index in [9.17, 15) is 4.79 Å². The van der Waals surface area contributed by atoms with E-state index in [1.54, 1.807) is 7.11 Å². The van der Waals surface area contributed by atoms with Crippen LogP contribution in [0.2, 0.25) is 0 Å². The number of furan rings is 1. The van der Waals surface area contributed by atoms with Gasteiger partial charge in [-0.15, -0.1) is 0 Å². The molecule has 0 aliphatic rings. The van der Waals surface area contributed by atoms with Crippen LogP contribution in [0.1, 0.15) is 38.9 Å². The lowest BCUT2D eigenvalue weighted by Crippen LogP contribution is -2.32. The van der Waals surface area contributed by atoms with Crippen LogP contribution in [0, 0.1) is 0 Å². The van der Waals surface area contributed by atoms with Crippen LogP contribution in [0.15, 0.2) is 40.8 Å². The van der Waals surface area contributed by atoms with Gasteiger partial charge in [0, 0.05) is 24.4 Å². The Bertz CT molecular complexity index is 616. The Kier molecular flexibility index (Phi) is 6.27. The van der Waals surface area contributed by atoms with Crippen molar-refractivity contribution in [3.05, 3.63) is 42.2 Å². The first-order valence-electron chi connectivity index (χ1n) is 8.15. The van der Waals surface area contributed by atoms with Crippen LogP contribution in [-0.2, 0) is 11.2 Å². The van der Waals surface area contributed by atoms with E-state index in [1.165, 1.54) is 0 Å². The highest BCUT2D eigenvalue weighted by molar-refractivity contribution is 5.76. The molecule has 4 heteroatoms. The Balaban J connectivity index is 1.88. The number of aryl methyl sites for hydroxylation is 1. The molecule has 0 saturated carbocycles. The molecule has 0 spiro atoms. The summed E-state index contributed by atoms with van der Waals surface area (Å²) in [6, 6.07) is 11.8. The number of benzene rings is 1. The fourth-order valence-corrected chi connectivity index (χ4v) is 2.51. The maximum absolute atomic E-state index is 11.9. The Morgan fingerprint density at radius 3 is 2.61 bits per heavy atom. The van der Waals surface area contributed by atoms with Crippen LogP contribution in [0.3, 0.4) is 0 Å². The summed E-state index contributed by atoms with van der Waals surface area (Å²) in [4.78, 5) is 11.9. The minimum Gasteiger partial charge on any atom is -0.497 e. The van der Waals surface area contributed by atoms with Crippen LogP contribution < -0.4 is 10.1 Å². The normalized spacial score (nSPS) is 12.0. The van der Waals surface area contributed by atoms with Gasteiger partial charge in [-0.1, -0.05) is 13.3 Å². The molecule has 0 aliphatic carbocycles. The first kappa shape index (κ1) is 17.1. The zero-order valence-corrected chi connectivity index (χ0v) is 14.1. The van der Waals surface area contributed by atoms with Gasteiger partial charge in [-0.2, -0.15) is 0 Å². The molecular weight excluding hydrogens is 290 g/mol. The van der Waals surface area contributed by atoms with E-state index in [0.29, 0.717) is 12.8 Å².